The molecule has 0 bridgehead atoms. The highest BCUT2D eigenvalue weighted by Gasteiger charge is 2.15. The largest absolute Gasteiger partial charge is 0.497 e. The molecule has 0 aliphatic heterocycles. The zero-order valence-electron chi connectivity index (χ0n) is 17.7. The Morgan fingerprint density at radius 1 is 1.00 bits per heavy atom. The minimum atomic E-state index is -0.245. The van der Waals surface area contributed by atoms with E-state index in [0.717, 1.165) is 38.8 Å². The van der Waals surface area contributed by atoms with Gasteiger partial charge in [0.05, 0.1) is 27.8 Å². The molecular weight excluding hydrogens is 370 g/mol. The van der Waals surface area contributed by atoms with Crippen LogP contribution in [0, 0.1) is 13.8 Å². The van der Waals surface area contributed by atoms with Gasteiger partial charge in [-0.2, -0.15) is 0 Å². The summed E-state index contributed by atoms with van der Waals surface area (Å²) in [6.07, 6.45) is 0. The topological polar surface area (TPSA) is 81.1 Å². The van der Waals surface area contributed by atoms with Crippen molar-refractivity contribution < 1.29 is 24.0 Å². The molecule has 156 valence electrons. The second kappa shape index (κ2) is 10.5. The molecule has 7 nitrogen and oxygen atoms in total. The molecule has 0 heterocycles. The van der Waals surface area contributed by atoms with Crippen molar-refractivity contribution in [2.75, 3.05) is 39.7 Å². The Morgan fingerprint density at radius 3 is 2.31 bits per heavy atom. The Morgan fingerprint density at radius 2 is 1.69 bits per heavy atom. The Hall–Kier alpha value is -3.06. The maximum absolute atomic E-state index is 12.2. The van der Waals surface area contributed by atoms with Crippen molar-refractivity contribution in [3.05, 3.63) is 53.1 Å². The molecule has 0 fully saturated rings. The molecule has 0 aromatic heterocycles. The fourth-order valence-electron chi connectivity index (χ4n) is 3.10. The fraction of sp³-hybridized carbons (Fsp3) is 0.364. The molecule has 0 aliphatic carbocycles. The van der Waals surface area contributed by atoms with Gasteiger partial charge in [0.1, 0.15) is 18.0 Å². The van der Waals surface area contributed by atoms with Crippen LogP contribution in [0.3, 0.4) is 0 Å². The number of nitrogens with one attached hydrogen (secondary N) is 3. The van der Waals surface area contributed by atoms with E-state index in [2.05, 4.69) is 10.6 Å². The van der Waals surface area contributed by atoms with Crippen molar-refractivity contribution in [1.82, 2.24) is 5.32 Å². The van der Waals surface area contributed by atoms with E-state index in [1.165, 1.54) is 0 Å². The van der Waals surface area contributed by atoms with E-state index < -0.39 is 0 Å². The summed E-state index contributed by atoms with van der Waals surface area (Å²) in [5, 5.41) is 5.55. The number of likely N-dealkylation sites (N-methyl/N-ethyl adjacent to an activating group) is 1. The lowest BCUT2D eigenvalue weighted by atomic mass is 10.1. The van der Waals surface area contributed by atoms with Crippen LogP contribution in [0.15, 0.2) is 36.4 Å². The fourth-order valence-corrected chi connectivity index (χ4v) is 3.10. The number of amides is 2. The number of carbonyl (C=O) groups is 2. The Bertz CT molecular complexity index is 847. The number of ether oxygens (including phenoxy) is 2. The lowest BCUT2D eigenvalue weighted by Gasteiger charge is -2.16. The van der Waals surface area contributed by atoms with Gasteiger partial charge in [-0.05, 0) is 37.1 Å². The molecule has 29 heavy (non-hydrogen) atoms. The highest BCUT2D eigenvalue weighted by atomic mass is 16.5. The first kappa shape index (κ1) is 22.2. The summed E-state index contributed by atoms with van der Waals surface area (Å²) in [4.78, 5) is 25.4. The minimum absolute atomic E-state index is 0.0637. The summed E-state index contributed by atoms with van der Waals surface area (Å²) < 4.78 is 10.6. The van der Waals surface area contributed by atoms with E-state index in [-0.39, 0.29) is 24.9 Å². The molecule has 1 atom stereocenters. The van der Waals surface area contributed by atoms with Crippen molar-refractivity contribution in [1.29, 1.82) is 0 Å². The number of quaternary nitrogens is 1. The smallest absolute Gasteiger partial charge is 0.275 e. The van der Waals surface area contributed by atoms with Gasteiger partial charge in [-0.15, -0.1) is 0 Å². The average molecular weight is 400 g/mol. The summed E-state index contributed by atoms with van der Waals surface area (Å²) in [6.45, 7) is 4.66. The highest BCUT2D eigenvalue weighted by molar-refractivity contribution is 5.95. The first-order chi connectivity index (χ1) is 13.8. The van der Waals surface area contributed by atoms with Crippen LogP contribution in [0.4, 0.5) is 5.69 Å². The predicted octanol–water partition coefficient (Wildman–Crippen LogP) is 1.09. The second-order valence-electron chi connectivity index (χ2n) is 7.08. The van der Waals surface area contributed by atoms with Crippen LogP contribution in [0.5, 0.6) is 11.5 Å². The first-order valence-electron chi connectivity index (χ1n) is 9.49. The van der Waals surface area contributed by atoms with Crippen LogP contribution >= 0.6 is 0 Å². The van der Waals surface area contributed by atoms with E-state index >= 15 is 0 Å². The van der Waals surface area contributed by atoms with E-state index in [9.17, 15) is 9.59 Å². The number of anilines is 1. The molecule has 2 aromatic carbocycles. The normalized spacial score (nSPS) is 11.5. The third-order valence-electron chi connectivity index (χ3n) is 4.64. The van der Waals surface area contributed by atoms with Crippen molar-refractivity contribution in [3.8, 4) is 11.5 Å². The van der Waals surface area contributed by atoms with Crippen LogP contribution < -0.4 is 25.0 Å². The van der Waals surface area contributed by atoms with Crippen molar-refractivity contribution >= 4 is 17.5 Å². The van der Waals surface area contributed by atoms with E-state index in [1.807, 2.05) is 57.3 Å². The van der Waals surface area contributed by atoms with Crippen molar-refractivity contribution in [2.45, 2.75) is 20.4 Å². The monoisotopic (exact) mass is 400 g/mol. The van der Waals surface area contributed by atoms with Crippen LogP contribution in [0.2, 0.25) is 0 Å². The molecule has 0 saturated carbocycles. The number of hydrogen-bond acceptors (Lipinski definition) is 4. The molecule has 2 amide bonds. The lowest BCUT2D eigenvalue weighted by molar-refractivity contribution is -0.885. The molecule has 1 unspecified atom stereocenters. The highest BCUT2D eigenvalue weighted by Crippen LogP contribution is 2.23. The minimum Gasteiger partial charge on any atom is -0.497 e. The Balaban J connectivity index is 1.83. The van der Waals surface area contributed by atoms with Gasteiger partial charge in [-0.1, -0.05) is 18.2 Å². The van der Waals surface area contributed by atoms with Gasteiger partial charge in [-0.25, -0.2) is 0 Å². The number of carbonyl (C=O) groups excluding carboxylic acids is 2. The molecule has 0 spiro atoms. The van der Waals surface area contributed by atoms with Crippen LogP contribution in [-0.4, -0.2) is 46.2 Å². The Labute approximate surface area is 172 Å². The Kier molecular flexibility index (Phi) is 8.03. The standard InChI is InChI=1S/C22H29N3O4/c1-15-7-6-8-16(2)22(15)24-20(26)12-23-21(27)14-25(3)13-17-9-10-18(28-4)11-19(17)29-5/h6-11H,12-14H2,1-5H3,(H,23,27)(H,24,26)/p+1. The van der Waals surface area contributed by atoms with Gasteiger partial charge >= 0.3 is 0 Å². The quantitative estimate of drug-likeness (QED) is 0.589. The number of methoxy groups -OCH3 is 2. The lowest BCUT2D eigenvalue weighted by Crippen LogP contribution is -3.08. The zero-order chi connectivity index (χ0) is 21.4. The van der Waals surface area contributed by atoms with Crippen LogP contribution in [0.1, 0.15) is 16.7 Å². The number of aryl methyl sites for hydroxylation is 2. The SMILES string of the molecule is COc1ccc(C[NH+](C)CC(=O)NCC(=O)Nc2c(C)cccc2C)c(OC)c1. The van der Waals surface area contributed by atoms with E-state index in [0.29, 0.717) is 6.54 Å². The van der Waals surface area contributed by atoms with Gasteiger partial charge in [0.25, 0.3) is 5.91 Å². The first-order valence-corrected chi connectivity index (χ1v) is 9.49. The average Bonchev–Trinajstić information content (AvgIpc) is 2.69. The summed E-state index contributed by atoms with van der Waals surface area (Å²) >= 11 is 0. The van der Waals surface area contributed by atoms with Gasteiger partial charge < -0.3 is 25.0 Å². The molecule has 0 aliphatic rings. The van der Waals surface area contributed by atoms with Gasteiger partial charge in [0.15, 0.2) is 6.54 Å². The van der Waals surface area contributed by atoms with Crippen molar-refractivity contribution in [2.24, 2.45) is 0 Å². The van der Waals surface area contributed by atoms with Crippen LogP contribution in [-0.2, 0) is 16.1 Å². The second-order valence-corrected chi connectivity index (χ2v) is 7.08. The molecule has 0 radical (unpaired) electrons. The van der Waals surface area contributed by atoms with E-state index in [1.54, 1.807) is 14.2 Å². The maximum atomic E-state index is 12.2. The summed E-state index contributed by atoms with van der Waals surface area (Å²) in [7, 11) is 5.13. The summed E-state index contributed by atoms with van der Waals surface area (Å²) in [5.74, 6) is 1.00. The molecule has 2 rings (SSSR count). The van der Waals surface area contributed by atoms with Crippen molar-refractivity contribution in [3.63, 3.8) is 0 Å². The molecule has 0 saturated heterocycles. The third kappa shape index (κ3) is 6.50. The number of rotatable bonds is 9. The number of hydrogen-bond donors (Lipinski definition) is 3. The van der Waals surface area contributed by atoms with Gasteiger partial charge in [0, 0.05) is 17.3 Å². The van der Waals surface area contributed by atoms with Crippen LogP contribution in [0.25, 0.3) is 0 Å². The molecule has 2 aromatic rings. The molecular formula is C22H30N3O4+. The third-order valence-corrected chi connectivity index (χ3v) is 4.64. The van der Waals surface area contributed by atoms with Gasteiger partial charge in [-0.3, -0.25) is 9.59 Å². The molecule has 7 heteroatoms. The van der Waals surface area contributed by atoms with E-state index in [4.69, 9.17) is 9.47 Å². The number of benzene rings is 2. The number of para-hydroxylation sites is 1. The molecule has 3 N–H and O–H groups in total. The summed E-state index contributed by atoms with van der Waals surface area (Å²) in [5.41, 5.74) is 3.75. The maximum Gasteiger partial charge on any atom is 0.275 e. The summed E-state index contributed by atoms with van der Waals surface area (Å²) in [6, 6.07) is 11.4. The zero-order valence-corrected chi connectivity index (χ0v) is 17.7. The van der Waals surface area contributed by atoms with Gasteiger partial charge in [0.2, 0.25) is 5.91 Å². The predicted molar refractivity (Wildman–Crippen MR) is 113 cm³/mol.